The van der Waals surface area contributed by atoms with E-state index in [-0.39, 0.29) is 17.1 Å². The van der Waals surface area contributed by atoms with E-state index in [0.29, 0.717) is 5.39 Å². The van der Waals surface area contributed by atoms with E-state index in [2.05, 4.69) is 15.1 Å². The van der Waals surface area contributed by atoms with Gasteiger partial charge < -0.3 is 14.5 Å². The van der Waals surface area contributed by atoms with Crippen molar-refractivity contribution in [2.75, 3.05) is 31.1 Å². The molecule has 0 radical (unpaired) electrons. The van der Waals surface area contributed by atoms with Crippen LogP contribution in [0.4, 0.5) is 10.5 Å². The summed E-state index contributed by atoms with van der Waals surface area (Å²) in [6.07, 6.45) is 4.65. The summed E-state index contributed by atoms with van der Waals surface area (Å²) in [7, 11) is 0. The average molecular weight is 384 g/mol. The van der Waals surface area contributed by atoms with Crippen molar-refractivity contribution in [3.63, 3.8) is 0 Å². The van der Waals surface area contributed by atoms with E-state index in [1.165, 1.54) is 0 Å². The van der Waals surface area contributed by atoms with Crippen LogP contribution in [0.5, 0.6) is 0 Å². The molecule has 7 heteroatoms. The number of benzene rings is 1. The zero-order valence-electron chi connectivity index (χ0n) is 16.8. The second-order valence-corrected chi connectivity index (χ2v) is 9.11. The molecule has 2 aliphatic rings. The van der Waals surface area contributed by atoms with Crippen molar-refractivity contribution in [1.82, 2.24) is 15.1 Å². The van der Waals surface area contributed by atoms with Crippen molar-refractivity contribution in [1.29, 1.82) is 0 Å². The number of aromatic nitrogens is 2. The molecule has 4 rings (SSSR count). The smallest absolute Gasteiger partial charge is 0.410 e. The van der Waals surface area contributed by atoms with Gasteiger partial charge in [-0.1, -0.05) is 0 Å². The van der Waals surface area contributed by atoms with Gasteiger partial charge in [-0.05, 0) is 63.6 Å². The molecule has 0 unspecified atom stereocenters. The number of ether oxygens (including phenoxy) is 1. The predicted molar refractivity (Wildman–Crippen MR) is 109 cm³/mol. The number of piperidine rings is 1. The Morgan fingerprint density at radius 2 is 1.89 bits per heavy atom. The van der Waals surface area contributed by atoms with Crippen LogP contribution in [-0.4, -0.2) is 53.0 Å². The number of H-pyrrole nitrogens is 1. The molecule has 0 saturated carbocycles. The minimum Gasteiger partial charge on any atom is -0.444 e. The molecule has 0 aliphatic carbocycles. The van der Waals surface area contributed by atoms with Crippen LogP contribution in [0.3, 0.4) is 0 Å². The molecule has 0 bridgehead atoms. The summed E-state index contributed by atoms with van der Waals surface area (Å²) in [6, 6.07) is 5.92. The van der Waals surface area contributed by atoms with Crippen LogP contribution in [0.15, 0.2) is 29.2 Å². The molecule has 1 aromatic heterocycles. The van der Waals surface area contributed by atoms with E-state index >= 15 is 0 Å². The van der Waals surface area contributed by atoms with E-state index in [9.17, 15) is 9.59 Å². The van der Waals surface area contributed by atoms with Crippen LogP contribution in [0.25, 0.3) is 10.8 Å². The maximum absolute atomic E-state index is 12.4. The molecule has 3 heterocycles. The summed E-state index contributed by atoms with van der Waals surface area (Å²) in [5.41, 5.74) is 0.706. The number of anilines is 1. The van der Waals surface area contributed by atoms with Crippen molar-refractivity contribution in [2.45, 2.75) is 45.6 Å². The first-order chi connectivity index (χ1) is 13.2. The molecule has 1 N–H and O–H groups in total. The van der Waals surface area contributed by atoms with Crippen molar-refractivity contribution in [3.8, 4) is 0 Å². The molecule has 0 atom stereocenters. The molecule has 1 aromatic carbocycles. The Morgan fingerprint density at radius 3 is 2.61 bits per heavy atom. The quantitative estimate of drug-likeness (QED) is 0.817. The summed E-state index contributed by atoms with van der Waals surface area (Å²) in [4.78, 5) is 28.5. The van der Waals surface area contributed by atoms with E-state index in [1.807, 2.05) is 43.9 Å². The molecule has 2 aliphatic heterocycles. The second-order valence-electron chi connectivity index (χ2n) is 9.11. The van der Waals surface area contributed by atoms with Gasteiger partial charge in [-0.15, -0.1) is 0 Å². The highest BCUT2D eigenvalue weighted by atomic mass is 16.6. The van der Waals surface area contributed by atoms with Crippen LogP contribution in [0, 0.1) is 5.41 Å². The van der Waals surface area contributed by atoms with E-state index < -0.39 is 5.60 Å². The van der Waals surface area contributed by atoms with Crippen molar-refractivity contribution >= 4 is 22.6 Å². The number of likely N-dealkylation sites (tertiary alicyclic amines) is 1. The largest absolute Gasteiger partial charge is 0.444 e. The highest BCUT2D eigenvalue weighted by Gasteiger charge is 2.43. The van der Waals surface area contributed by atoms with E-state index in [1.54, 1.807) is 6.20 Å². The molecular formula is C21H28N4O3. The highest BCUT2D eigenvalue weighted by Crippen LogP contribution is 2.41. The third-order valence-corrected chi connectivity index (χ3v) is 5.93. The SMILES string of the molecule is CC(C)(C)OC(=O)N1CCC2(CCN(c3ccc4c(=O)[nH]ncc4c3)CC2)C1. The van der Waals surface area contributed by atoms with Crippen LogP contribution < -0.4 is 10.5 Å². The number of amides is 1. The molecule has 2 fully saturated rings. The van der Waals surface area contributed by atoms with Gasteiger partial charge in [0.05, 0.1) is 11.6 Å². The number of aromatic amines is 1. The normalized spacial score (nSPS) is 19.4. The van der Waals surface area contributed by atoms with Crippen molar-refractivity contribution < 1.29 is 9.53 Å². The summed E-state index contributed by atoms with van der Waals surface area (Å²) >= 11 is 0. The Bertz CT molecular complexity index is 939. The number of carbonyl (C=O) groups is 1. The Hall–Kier alpha value is -2.57. The first kappa shape index (κ1) is 18.8. The fraction of sp³-hybridized carbons (Fsp3) is 0.571. The van der Waals surface area contributed by atoms with E-state index in [4.69, 9.17) is 4.74 Å². The van der Waals surface area contributed by atoms with Gasteiger partial charge in [-0.3, -0.25) is 4.79 Å². The number of fused-ring (bicyclic) bond motifs is 1. The Balaban J connectivity index is 1.41. The summed E-state index contributed by atoms with van der Waals surface area (Å²) in [5, 5.41) is 7.90. The van der Waals surface area contributed by atoms with Crippen LogP contribution in [-0.2, 0) is 4.74 Å². The van der Waals surface area contributed by atoms with Crippen LogP contribution in [0.1, 0.15) is 40.0 Å². The van der Waals surface area contributed by atoms with Gasteiger partial charge in [0.15, 0.2) is 0 Å². The third-order valence-electron chi connectivity index (χ3n) is 5.93. The molecular weight excluding hydrogens is 356 g/mol. The monoisotopic (exact) mass is 384 g/mol. The van der Waals surface area contributed by atoms with Gasteiger partial charge in [0, 0.05) is 37.3 Å². The topological polar surface area (TPSA) is 78.5 Å². The lowest BCUT2D eigenvalue weighted by Gasteiger charge is -2.40. The van der Waals surface area contributed by atoms with Crippen LogP contribution in [0.2, 0.25) is 0 Å². The molecule has 7 nitrogen and oxygen atoms in total. The molecule has 150 valence electrons. The number of rotatable bonds is 1. The maximum Gasteiger partial charge on any atom is 0.410 e. The zero-order valence-corrected chi connectivity index (χ0v) is 16.8. The summed E-state index contributed by atoms with van der Waals surface area (Å²) < 4.78 is 5.54. The Kier molecular flexibility index (Phi) is 4.56. The summed E-state index contributed by atoms with van der Waals surface area (Å²) in [6.45, 7) is 9.17. The maximum atomic E-state index is 12.4. The van der Waals surface area contributed by atoms with Crippen molar-refractivity contribution in [3.05, 3.63) is 34.7 Å². The number of nitrogens with one attached hydrogen (secondary N) is 1. The second kappa shape index (κ2) is 6.79. The fourth-order valence-electron chi connectivity index (χ4n) is 4.35. The van der Waals surface area contributed by atoms with Crippen molar-refractivity contribution in [2.24, 2.45) is 5.41 Å². The minimum absolute atomic E-state index is 0.158. The third kappa shape index (κ3) is 3.70. The van der Waals surface area contributed by atoms with Gasteiger partial charge in [0.1, 0.15) is 5.60 Å². The lowest BCUT2D eigenvalue weighted by atomic mass is 9.77. The lowest BCUT2D eigenvalue weighted by Crippen LogP contribution is -2.43. The van der Waals surface area contributed by atoms with Gasteiger partial charge in [0.2, 0.25) is 0 Å². The average Bonchev–Trinajstić information content (AvgIpc) is 3.05. The first-order valence-electron chi connectivity index (χ1n) is 9.95. The molecule has 28 heavy (non-hydrogen) atoms. The van der Waals surface area contributed by atoms with E-state index in [0.717, 1.165) is 56.5 Å². The fourth-order valence-corrected chi connectivity index (χ4v) is 4.35. The number of nitrogens with zero attached hydrogens (tertiary/aromatic N) is 3. The summed E-state index contributed by atoms with van der Waals surface area (Å²) in [5.74, 6) is 0. The first-order valence-corrected chi connectivity index (χ1v) is 9.95. The molecule has 1 amide bonds. The Morgan fingerprint density at radius 1 is 1.18 bits per heavy atom. The van der Waals surface area contributed by atoms with Gasteiger partial charge in [0.25, 0.3) is 5.56 Å². The standard InChI is InChI=1S/C21H28N4O3/c1-20(2,3)28-19(27)25-11-8-21(14-25)6-9-24(10-7-21)16-4-5-17-15(12-16)13-22-23-18(17)26/h4-5,12-13H,6-11,14H2,1-3H3,(H,23,26). The van der Waals surface area contributed by atoms with Gasteiger partial charge >= 0.3 is 6.09 Å². The zero-order chi connectivity index (χ0) is 19.9. The molecule has 2 saturated heterocycles. The molecule has 1 spiro atoms. The minimum atomic E-state index is -0.456. The predicted octanol–water partition coefficient (Wildman–Crippen LogP) is 3.15. The number of hydrogen-bond donors (Lipinski definition) is 1. The number of hydrogen-bond acceptors (Lipinski definition) is 5. The van der Waals surface area contributed by atoms with Crippen LogP contribution >= 0.6 is 0 Å². The number of carbonyl (C=O) groups excluding carboxylic acids is 1. The molecule has 2 aromatic rings. The lowest BCUT2D eigenvalue weighted by molar-refractivity contribution is 0.0266. The highest BCUT2D eigenvalue weighted by molar-refractivity contribution is 5.84. The van der Waals surface area contributed by atoms with Gasteiger partial charge in [-0.25, -0.2) is 9.89 Å². The van der Waals surface area contributed by atoms with Gasteiger partial charge in [-0.2, -0.15) is 5.10 Å². The Labute approximate surface area is 164 Å².